The maximum Gasteiger partial charge on any atom is 0.411 e. The van der Waals surface area contributed by atoms with Gasteiger partial charge in [0.1, 0.15) is 6.10 Å². The number of ether oxygens (including phenoxy) is 3. The van der Waals surface area contributed by atoms with Gasteiger partial charge in [-0.1, -0.05) is 51.3 Å². The average Bonchev–Trinajstić information content (AvgIpc) is 3.18. The van der Waals surface area contributed by atoms with Crippen LogP contribution in [0.1, 0.15) is 6.42 Å². The number of aliphatic hydroxyl groups is 2. The van der Waals surface area contributed by atoms with Crippen LogP contribution < -0.4 is 5.32 Å². The van der Waals surface area contributed by atoms with Gasteiger partial charge in [0, 0.05) is 16.9 Å². The van der Waals surface area contributed by atoms with E-state index in [1.54, 1.807) is 37.5 Å². The Labute approximate surface area is 186 Å². The van der Waals surface area contributed by atoms with E-state index in [2.05, 4.69) is 29.0 Å². The Hall–Kier alpha value is -1.50. The summed E-state index contributed by atoms with van der Waals surface area (Å²) in [4.78, 5) is 12.1. The zero-order valence-electron chi connectivity index (χ0n) is 16.4. The van der Waals surface area contributed by atoms with Crippen LogP contribution in [0, 0.1) is 23.7 Å². The summed E-state index contributed by atoms with van der Waals surface area (Å²) in [5.74, 6) is 10.1. The molecular formula is C20H21NO6S3. The highest BCUT2D eigenvalue weighted by Gasteiger charge is 2.56. The van der Waals surface area contributed by atoms with Crippen LogP contribution in [-0.4, -0.2) is 66.1 Å². The first-order valence-electron chi connectivity index (χ1n) is 8.96. The quantitative estimate of drug-likeness (QED) is 0.319. The molecule has 3 aliphatic rings. The summed E-state index contributed by atoms with van der Waals surface area (Å²) < 4.78 is 16.5. The number of carbonyl (C=O) groups is 1. The molecule has 2 bridgehead atoms. The summed E-state index contributed by atoms with van der Waals surface area (Å²) in [5, 5.41) is 25.2. The molecule has 30 heavy (non-hydrogen) atoms. The smallest absolute Gasteiger partial charge is 0.411 e. The molecule has 0 unspecified atom stereocenters. The van der Waals surface area contributed by atoms with Crippen molar-refractivity contribution in [2.24, 2.45) is 0 Å². The van der Waals surface area contributed by atoms with Gasteiger partial charge in [-0.15, -0.1) is 0 Å². The zero-order valence-corrected chi connectivity index (χ0v) is 18.8. The number of nitrogens with one attached hydrogen (secondary N) is 1. The second-order valence-electron chi connectivity index (χ2n) is 6.32. The first kappa shape index (κ1) is 23.2. The number of amides is 1. The molecule has 2 aliphatic carbocycles. The normalized spacial score (nSPS) is 28.9. The van der Waals surface area contributed by atoms with Crippen LogP contribution >= 0.6 is 31.4 Å². The molecule has 0 radical (unpaired) electrons. The predicted molar refractivity (Wildman–Crippen MR) is 119 cm³/mol. The van der Waals surface area contributed by atoms with Gasteiger partial charge in [0.2, 0.25) is 5.79 Å². The summed E-state index contributed by atoms with van der Waals surface area (Å²) in [5.41, 5.74) is -0.964. The molecule has 2 atom stereocenters. The van der Waals surface area contributed by atoms with Gasteiger partial charge in [-0.2, -0.15) is 0 Å². The number of hydrogen-bond donors (Lipinski definition) is 3. The number of fused-ring (bicyclic) bond motifs is 2. The van der Waals surface area contributed by atoms with E-state index in [9.17, 15) is 15.0 Å². The summed E-state index contributed by atoms with van der Waals surface area (Å²) in [6.07, 6.45) is 4.58. The first-order chi connectivity index (χ1) is 14.5. The van der Waals surface area contributed by atoms with Gasteiger partial charge < -0.3 is 24.4 Å². The molecule has 1 heterocycles. The van der Waals surface area contributed by atoms with Gasteiger partial charge in [-0.25, -0.2) is 4.79 Å². The Morgan fingerprint density at radius 2 is 2.13 bits per heavy atom. The maximum absolute atomic E-state index is 12.1. The average molecular weight is 468 g/mol. The molecule has 0 aromatic heterocycles. The van der Waals surface area contributed by atoms with Crippen LogP contribution in [0.25, 0.3) is 0 Å². The number of allylic oxidation sites excluding steroid dienone is 2. The Morgan fingerprint density at radius 3 is 2.83 bits per heavy atom. The molecule has 1 amide bonds. The molecule has 7 nitrogen and oxygen atoms in total. The van der Waals surface area contributed by atoms with Crippen molar-refractivity contribution in [1.29, 1.82) is 0 Å². The van der Waals surface area contributed by atoms with Gasteiger partial charge in [0.25, 0.3) is 0 Å². The van der Waals surface area contributed by atoms with Gasteiger partial charge >= 0.3 is 6.09 Å². The van der Waals surface area contributed by atoms with Crippen molar-refractivity contribution in [3.8, 4) is 23.7 Å². The third kappa shape index (κ3) is 4.87. The third-order valence-electron chi connectivity index (χ3n) is 4.53. The summed E-state index contributed by atoms with van der Waals surface area (Å²) in [6, 6.07) is 0. The van der Waals surface area contributed by atoms with Crippen LogP contribution in [-0.2, 0) is 14.2 Å². The Morgan fingerprint density at radius 1 is 1.40 bits per heavy atom. The highest BCUT2D eigenvalue weighted by Crippen LogP contribution is 2.47. The van der Waals surface area contributed by atoms with Crippen molar-refractivity contribution in [3.05, 3.63) is 35.1 Å². The number of hydrogen-bond acceptors (Lipinski definition) is 9. The fourth-order valence-corrected chi connectivity index (χ4v) is 5.82. The van der Waals surface area contributed by atoms with Crippen molar-refractivity contribution in [2.45, 2.75) is 23.9 Å². The van der Waals surface area contributed by atoms with E-state index in [1.807, 2.05) is 6.26 Å². The SMILES string of the molecule is COC(=O)NC1=C2/C(=C/CSSSC)[C@@](O)(C#C/C=C/C#C[C@@H]2O)CC12OCCO2. The first-order valence-corrected chi connectivity index (χ1v) is 13.0. The topological polar surface area (TPSA) is 97.3 Å². The van der Waals surface area contributed by atoms with Gasteiger partial charge in [0.05, 0.1) is 32.4 Å². The van der Waals surface area contributed by atoms with Crippen molar-refractivity contribution in [3.63, 3.8) is 0 Å². The number of aliphatic hydroxyl groups excluding tert-OH is 1. The summed E-state index contributed by atoms with van der Waals surface area (Å²) >= 11 is 0. The van der Waals surface area contributed by atoms with E-state index in [-0.39, 0.29) is 30.9 Å². The minimum atomic E-state index is -1.68. The number of carbonyl (C=O) groups excluding carboxylic acids is 1. The molecule has 0 aromatic carbocycles. The van der Waals surface area contributed by atoms with Gasteiger partial charge in [-0.05, 0) is 28.2 Å². The van der Waals surface area contributed by atoms with E-state index in [4.69, 9.17) is 14.2 Å². The lowest BCUT2D eigenvalue weighted by Gasteiger charge is -2.44. The molecule has 0 aromatic rings. The van der Waals surface area contributed by atoms with Crippen molar-refractivity contribution < 1.29 is 29.2 Å². The van der Waals surface area contributed by atoms with Crippen molar-refractivity contribution >= 4 is 37.5 Å². The van der Waals surface area contributed by atoms with Gasteiger partial charge in [0.15, 0.2) is 5.60 Å². The Balaban J connectivity index is 2.24. The Bertz CT molecular complexity index is 901. The third-order valence-corrected chi connectivity index (χ3v) is 8.27. The molecule has 1 aliphatic heterocycles. The monoisotopic (exact) mass is 467 g/mol. The number of alkyl carbamates (subject to hydrolysis) is 1. The predicted octanol–water partition coefficient (Wildman–Crippen LogP) is 2.00. The fourth-order valence-electron chi connectivity index (χ4n) is 3.41. The number of rotatable bonds is 5. The van der Waals surface area contributed by atoms with Crippen LogP contribution in [0.2, 0.25) is 0 Å². The van der Waals surface area contributed by atoms with Crippen LogP contribution in [0.15, 0.2) is 35.1 Å². The molecule has 3 N–H and O–H groups in total. The second-order valence-corrected chi connectivity index (χ2v) is 10.7. The van der Waals surface area contributed by atoms with Crippen molar-refractivity contribution in [2.75, 3.05) is 32.3 Å². The lowest BCUT2D eigenvalue weighted by molar-refractivity contribution is -0.161. The summed E-state index contributed by atoms with van der Waals surface area (Å²) in [7, 11) is 5.99. The minimum absolute atomic E-state index is 0.0873. The largest absolute Gasteiger partial charge is 0.453 e. The minimum Gasteiger partial charge on any atom is -0.453 e. The second kappa shape index (κ2) is 10.2. The molecule has 160 valence electrons. The van der Waals surface area contributed by atoms with E-state index in [0.29, 0.717) is 11.3 Å². The van der Waals surface area contributed by atoms with Crippen LogP contribution in [0.4, 0.5) is 4.79 Å². The molecule has 1 fully saturated rings. The van der Waals surface area contributed by atoms with Gasteiger partial charge in [-0.3, -0.25) is 5.32 Å². The maximum atomic E-state index is 12.1. The molecule has 0 saturated carbocycles. The molecule has 1 saturated heterocycles. The van der Waals surface area contributed by atoms with E-state index >= 15 is 0 Å². The lowest BCUT2D eigenvalue weighted by atomic mass is 9.73. The van der Waals surface area contributed by atoms with E-state index < -0.39 is 23.6 Å². The number of methoxy groups -OCH3 is 1. The molecule has 3 rings (SSSR count). The lowest BCUT2D eigenvalue weighted by Crippen LogP contribution is -2.54. The van der Waals surface area contributed by atoms with Crippen LogP contribution in [0.3, 0.4) is 0 Å². The zero-order chi connectivity index (χ0) is 21.6. The van der Waals surface area contributed by atoms with Crippen molar-refractivity contribution in [1.82, 2.24) is 5.32 Å². The summed E-state index contributed by atoms with van der Waals surface area (Å²) in [6.45, 7) is 0.508. The fraction of sp³-hybridized carbons (Fsp3) is 0.450. The molecular weight excluding hydrogens is 446 g/mol. The molecule has 1 spiro atoms. The Kier molecular flexibility index (Phi) is 7.88. The standard InChI is InChI=1S/C20H21NO6S3/c1-25-18(23)21-17-16-14(8-12-29-30-28-2)19(24,13-20(17)26-10-11-27-20)9-6-4-3-5-7-15(16)22/h3-4,8,15,22,24H,10-13H2,1-2H3,(H,21,23)/b4-3+,14-8-/t15-,19+/m0/s1. The molecule has 10 heteroatoms. The highest BCUT2D eigenvalue weighted by molar-refractivity contribution is 9.09. The highest BCUT2D eigenvalue weighted by atomic mass is 33.5. The van der Waals surface area contributed by atoms with E-state index in [0.717, 1.165) is 0 Å². The van der Waals surface area contributed by atoms with E-state index in [1.165, 1.54) is 19.3 Å². The van der Waals surface area contributed by atoms with Crippen LogP contribution in [0.5, 0.6) is 0 Å².